The zero-order chi connectivity index (χ0) is 30.1. The molecule has 3 aliphatic rings. The predicted molar refractivity (Wildman–Crippen MR) is 164 cm³/mol. The fourth-order valence-corrected chi connectivity index (χ4v) is 6.20. The predicted octanol–water partition coefficient (Wildman–Crippen LogP) is 6.20. The van der Waals surface area contributed by atoms with Crippen LogP contribution in [0.2, 0.25) is 0 Å². The number of carboxylic acid groups (broad SMARTS) is 1. The van der Waals surface area contributed by atoms with Crippen molar-refractivity contribution in [3.8, 4) is 34.2 Å². The van der Waals surface area contributed by atoms with Crippen LogP contribution in [0.3, 0.4) is 0 Å². The largest absolute Gasteiger partial charge is 0.490 e. The van der Waals surface area contributed by atoms with Gasteiger partial charge < -0.3 is 19.5 Å². The molecule has 1 saturated heterocycles. The molecule has 5 heterocycles. The van der Waals surface area contributed by atoms with E-state index in [1.807, 2.05) is 47.8 Å². The topological polar surface area (TPSA) is 113 Å². The molecular weight excluding hydrogens is 542 g/mol. The standard InChI is InChI=1S/C34H37N5O4/c1-22-7-4-5-16-42-34(3)12-14-38(15-13-34)33-27(19-32(40)41)23(2)36-31-20-29(37-39(31)33)26-9-6-8-25(18-26)28-17-24(21-35)10-11-30(28)43-22/h6,8-11,17-18,20,22H,4-5,7,12-16,19H2,1-3H3,(H,40,41)/t22-/m0/s1. The lowest BCUT2D eigenvalue weighted by Gasteiger charge is -2.41. The Kier molecular flexibility index (Phi) is 7.80. The monoisotopic (exact) mass is 579 g/mol. The Balaban J connectivity index is 1.50. The minimum absolute atomic E-state index is 0.00506. The SMILES string of the molecule is Cc1nc2cc3nn2c(c1CC(=O)O)N1CCC(C)(CC1)OCCCC[C@H](C)Oc1ccc(C#N)cc1-c1cccc-3c1. The van der Waals surface area contributed by atoms with Gasteiger partial charge in [-0.2, -0.15) is 14.9 Å². The molecule has 3 aliphatic heterocycles. The number of hydrogen-bond donors (Lipinski definition) is 1. The Bertz CT molecular complexity index is 1710. The second kappa shape index (κ2) is 11.7. The molecule has 0 spiro atoms. The lowest BCUT2D eigenvalue weighted by atomic mass is 9.92. The molecule has 0 radical (unpaired) electrons. The number of nitriles is 1. The summed E-state index contributed by atoms with van der Waals surface area (Å²) >= 11 is 0. The molecule has 1 N–H and O–H groups in total. The fourth-order valence-electron chi connectivity index (χ4n) is 6.20. The van der Waals surface area contributed by atoms with Crippen LogP contribution in [-0.4, -0.2) is 57.1 Å². The molecule has 1 fully saturated rings. The van der Waals surface area contributed by atoms with E-state index < -0.39 is 5.97 Å². The first-order chi connectivity index (χ1) is 20.7. The van der Waals surface area contributed by atoms with E-state index in [1.165, 1.54) is 0 Å². The van der Waals surface area contributed by atoms with Gasteiger partial charge in [-0.05, 0) is 82.7 Å². The highest BCUT2D eigenvalue weighted by atomic mass is 16.5. The van der Waals surface area contributed by atoms with E-state index in [9.17, 15) is 15.2 Å². The first kappa shape index (κ1) is 28.7. The van der Waals surface area contributed by atoms with E-state index in [0.29, 0.717) is 29.1 Å². The molecule has 6 bridgehead atoms. The van der Waals surface area contributed by atoms with Gasteiger partial charge in [0.15, 0.2) is 5.65 Å². The van der Waals surface area contributed by atoms with E-state index in [4.69, 9.17) is 19.6 Å². The summed E-state index contributed by atoms with van der Waals surface area (Å²) in [4.78, 5) is 19.0. The second-order valence-corrected chi connectivity index (χ2v) is 12.0. The third kappa shape index (κ3) is 5.93. The van der Waals surface area contributed by atoms with E-state index in [2.05, 4.69) is 30.9 Å². The van der Waals surface area contributed by atoms with Crippen LogP contribution in [0.1, 0.15) is 62.8 Å². The average Bonchev–Trinajstić information content (AvgIpc) is 3.41. The first-order valence-electron chi connectivity index (χ1n) is 15.0. The molecule has 2 aromatic carbocycles. The lowest BCUT2D eigenvalue weighted by molar-refractivity contribution is -0.136. The minimum atomic E-state index is -0.899. The van der Waals surface area contributed by atoms with Gasteiger partial charge in [-0.15, -0.1) is 0 Å². The summed E-state index contributed by atoms with van der Waals surface area (Å²) in [6, 6.07) is 17.8. The van der Waals surface area contributed by atoms with Gasteiger partial charge in [-0.1, -0.05) is 18.2 Å². The van der Waals surface area contributed by atoms with Crippen LogP contribution in [0, 0.1) is 18.3 Å². The van der Waals surface area contributed by atoms with E-state index in [-0.39, 0.29) is 18.1 Å². The van der Waals surface area contributed by atoms with Crippen LogP contribution in [0.15, 0.2) is 48.5 Å². The minimum Gasteiger partial charge on any atom is -0.490 e. The van der Waals surface area contributed by atoms with Gasteiger partial charge in [0.25, 0.3) is 0 Å². The van der Waals surface area contributed by atoms with Gasteiger partial charge in [0, 0.05) is 48.1 Å². The molecule has 0 amide bonds. The molecule has 0 aliphatic carbocycles. The fraction of sp³-hybridized carbons (Fsp3) is 0.412. The summed E-state index contributed by atoms with van der Waals surface area (Å²) in [5.41, 5.74) is 5.76. The normalized spacial score (nSPS) is 20.8. The number of aryl methyl sites for hydroxylation is 1. The Labute approximate surface area is 251 Å². The Morgan fingerprint density at radius 2 is 1.93 bits per heavy atom. The highest BCUT2D eigenvalue weighted by Crippen LogP contribution is 2.37. The van der Waals surface area contributed by atoms with Crippen LogP contribution < -0.4 is 9.64 Å². The number of carboxylic acids is 1. The number of aliphatic carboxylic acids is 1. The smallest absolute Gasteiger partial charge is 0.308 e. The highest BCUT2D eigenvalue weighted by molar-refractivity contribution is 5.78. The maximum Gasteiger partial charge on any atom is 0.308 e. The van der Waals surface area contributed by atoms with Crippen molar-refractivity contribution < 1.29 is 19.4 Å². The van der Waals surface area contributed by atoms with Crippen LogP contribution in [-0.2, 0) is 16.0 Å². The molecule has 9 nitrogen and oxygen atoms in total. The van der Waals surface area contributed by atoms with Gasteiger partial charge in [-0.3, -0.25) is 4.79 Å². The number of piperidine rings is 1. The zero-order valence-electron chi connectivity index (χ0n) is 25.0. The molecule has 0 unspecified atom stereocenters. The average molecular weight is 580 g/mol. The third-order valence-corrected chi connectivity index (χ3v) is 8.69. The van der Waals surface area contributed by atoms with Gasteiger partial charge in [0.2, 0.25) is 0 Å². The number of rotatable bonds is 2. The van der Waals surface area contributed by atoms with Gasteiger partial charge >= 0.3 is 5.97 Å². The number of anilines is 1. The first-order valence-corrected chi connectivity index (χ1v) is 15.0. The number of fused-ring (bicyclic) bond motifs is 8. The maximum absolute atomic E-state index is 11.9. The summed E-state index contributed by atoms with van der Waals surface area (Å²) in [6.45, 7) is 8.29. The van der Waals surface area contributed by atoms with Crippen molar-refractivity contribution >= 4 is 17.4 Å². The number of aromatic nitrogens is 3. The number of carbonyl (C=O) groups is 1. The van der Waals surface area contributed by atoms with E-state index >= 15 is 0 Å². The molecule has 1 atom stereocenters. The second-order valence-electron chi connectivity index (χ2n) is 12.0. The summed E-state index contributed by atoms with van der Waals surface area (Å²) in [5.74, 6) is 0.624. The van der Waals surface area contributed by atoms with Crippen molar-refractivity contribution in [1.82, 2.24) is 14.6 Å². The van der Waals surface area contributed by atoms with Crippen LogP contribution in [0.25, 0.3) is 28.0 Å². The molecule has 222 valence electrons. The highest BCUT2D eigenvalue weighted by Gasteiger charge is 2.33. The number of nitrogens with zero attached hydrogens (tertiary/aromatic N) is 5. The summed E-state index contributed by atoms with van der Waals surface area (Å²) in [7, 11) is 0. The Hall–Kier alpha value is -4.42. The molecular formula is C34H37N5O4. The molecule has 4 aromatic rings. The third-order valence-electron chi connectivity index (χ3n) is 8.69. The summed E-state index contributed by atoms with van der Waals surface area (Å²) < 4.78 is 14.7. The number of ether oxygens (including phenoxy) is 2. The molecule has 2 aromatic heterocycles. The molecule has 43 heavy (non-hydrogen) atoms. The van der Waals surface area contributed by atoms with Crippen molar-refractivity contribution in [2.75, 3.05) is 24.6 Å². The zero-order valence-corrected chi connectivity index (χ0v) is 25.0. The van der Waals surface area contributed by atoms with Crippen molar-refractivity contribution in [3.05, 3.63) is 65.4 Å². The van der Waals surface area contributed by atoms with Crippen LogP contribution in [0.5, 0.6) is 5.75 Å². The quantitative estimate of drug-likeness (QED) is 0.299. The van der Waals surface area contributed by atoms with Crippen LogP contribution >= 0.6 is 0 Å². The van der Waals surface area contributed by atoms with Gasteiger partial charge in [0.05, 0.1) is 35.5 Å². The number of hydrogen-bond acceptors (Lipinski definition) is 7. The van der Waals surface area contributed by atoms with Gasteiger partial charge in [0.1, 0.15) is 11.6 Å². The molecule has 7 rings (SSSR count). The van der Waals surface area contributed by atoms with Crippen LogP contribution in [0.4, 0.5) is 5.82 Å². The Morgan fingerprint density at radius 1 is 1.14 bits per heavy atom. The number of benzene rings is 2. The molecule has 9 heteroatoms. The molecule has 0 saturated carbocycles. The Morgan fingerprint density at radius 3 is 2.70 bits per heavy atom. The summed E-state index contributed by atoms with van der Waals surface area (Å²) in [6.07, 6.45) is 4.36. The summed E-state index contributed by atoms with van der Waals surface area (Å²) in [5, 5.41) is 24.4. The van der Waals surface area contributed by atoms with Crippen molar-refractivity contribution in [1.29, 1.82) is 5.26 Å². The van der Waals surface area contributed by atoms with E-state index in [1.54, 1.807) is 6.07 Å². The van der Waals surface area contributed by atoms with Gasteiger partial charge in [-0.25, -0.2) is 4.98 Å². The van der Waals surface area contributed by atoms with Crippen molar-refractivity contribution in [2.45, 2.75) is 71.0 Å². The lowest BCUT2D eigenvalue weighted by Crippen LogP contribution is -2.45. The maximum atomic E-state index is 11.9. The van der Waals surface area contributed by atoms with Crippen molar-refractivity contribution in [3.63, 3.8) is 0 Å². The van der Waals surface area contributed by atoms with E-state index in [0.717, 1.165) is 79.1 Å². The van der Waals surface area contributed by atoms with Crippen molar-refractivity contribution in [2.24, 2.45) is 0 Å².